The van der Waals surface area contributed by atoms with Gasteiger partial charge in [-0.15, -0.1) is 12.4 Å². The van der Waals surface area contributed by atoms with Crippen molar-refractivity contribution >= 4 is 28.3 Å². The van der Waals surface area contributed by atoms with Crippen LogP contribution in [0.5, 0.6) is 0 Å². The molecule has 1 aromatic rings. The van der Waals surface area contributed by atoms with Crippen LogP contribution in [0.1, 0.15) is 16.7 Å². The van der Waals surface area contributed by atoms with Crippen molar-refractivity contribution in [2.75, 3.05) is 0 Å². The van der Waals surface area contributed by atoms with Crippen LogP contribution in [0.25, 0.3) is 0 Å². The van der Waals surface area contributed by atoms with Crippen LogP contribution in [0.3, 0.4) is 0 Å². The first-order valence-corrected chi connectivity index (χ1v) is 4.56. The van der Waals surface area contributed by atoms with Crippen LogP contribution < -0.4 is 5.32 Å². The fraction of sp³-hybridized carbons (Fsp3) is 0.333. The second-order valence-corrected chi connectivity index (χ2v) is 3.77. The Bertz CT molecular complexity index is 299. The van der Waals surface area contributed by atoms with E-state index in [-0.39, 0.29) is 12.4 Å². The summed E-state index contributed by atoms with van der Waals surface area (Å²) in [4.78, 5) is 0. The van der Waals surface area contributed by atoms with Crippen LogP contribution in [-0.2, 0) is 13.1 Å². The van der Waals surface area contributed by atoms with Crippen molar-refractivity contribution in [3.63, 3.8) is 0 Å². The molecule has 12 heavy (non-hydrogen) atoms. The summed E-state index contributed by atoms with van der Waals surface area (Å²) in [5.41, 5.74) is 4.30. The Kier molecular flexibility index (Phi) is 3.16. The Hall–Kier alpha value is -0.0500. The van der Waals surface area contributed by atoms with Gasteiger partial charge in [-0.3, -0.25) is 0 Å². The lowest BCUT2D eigenvalue weighted by molar-refractivity contribution is 0.763. The zero-order valence-corrected chi connectivity index (χ0v) is 9.26. The summed E-state index contributed by atoms with van der Waals surface area (Å²) in [7, 11) is 0. The van der Waals surface area contributed by atoms with Crippen LogP contribution in [0.2, 0.25) is 0 Å². The van der Waals surface area contributed by atoms with Gasteiger partial charge in [-0.1, -0.05) is 22.0 Å². The van der Waals surface area contributed by atoms with Gasteiger partial charge in [0.15, 0.2) is 0 Å². The summed E-state index contributed by atoms with van der Waals surface area (Å²) >= 11 is 3.52. The van der Waals surface area contributed by atoms with Gasteiger partial charge < -0.3 is 5.32 Å². The maximum Gasteiger partial charge on any atom is 0.0214 e. The van der Waals surface area contributed by atoms with E-state index in [1.54, 1.807) is 0 Å². The molecule has 0 bridgehead atoms. The number of rotatable bonds is 0. The summed E-state index contributed by atoms with van der Waals surface area (Å²) in [6.07, 6.45) is 0. The van der Waals surface area contributed by atoms with Gasteiger partial charge in [-0.25, -0.2) is 0 Å². The van der Waals surface area contributed by atoms with Crippen LogP contribution in [-0.4, -0.2) is 0 Å². The lowest BCUT2D eigenvalue weighted by atomic mass is 10.1. The van der Waals surface area contributed by atoms with Gasteiger partial charge in [-0.05, 0) is 29.7 Å². The van der Waals surface area contributed by atoms with Crippen molar-refractivity contribution < 1.29 is 0 Å². The van der Waals surface area contributed by atoms with Gasteiger partial charge >= 0.3 is 0 Å². The molecule has 2 rings (SSSR count). The molecule has 3 heteroatoms. The van der Waals surface area contributed by atoms with E-state index in [0.29, 0.717) is 0 Å². The van der Waals surface area contributed by atoms with E-state index in [1.165, 1.54) is 21.2 Å². The molecule has 1 heterocycles. The molecule has 0 saturated heterocycles. The Morgan fingerprint density at radius 1 is 1.33 bits per heavy atom. The predicted molar refractivity (Wildman–Crippen MR) is 56.7 cm³/mol. The van der Waals surface area contributed by atoms with E-state index in [4.69, 9.17) is 0 Å². The summed E-state index contributed by atoms with van der Waals surface area (Å²) in [6, 6.07) is 4.31. The molecule has 0 atom stereocenters. The highest BCUT2D eigenvalue weighted by Crippen LogP contribution is 2.25. The molecule has 0 aromatic heterocycles. The minimum absolute atomic E-state index is 0. The molecule has 1 aromatic carbocycles. The Morgan fingerprint density at radius 3 is 2.83 bits per heavy atom. The topological polar surface area (TPSA) is 12.0 Å². The van der Waals surface area contributed by atoms with E-state index < -0.39 is 0 Å². The first-order valence-electron chi connectivity index (χ1n) is 3.76. The number of halogens is 2. The van der Waals surface area contributed by atoms with Gasteiger partial charge in [-0.2, -0.15) is 0 Å². The third-order valence-corrected chi connectivity index (χ3v) is 3.11. The molecule has 0 amide bonds. The van der Waals surface area contributed by atoms with Gasteiger partial charge in [0, 0.05) is 17.6 Å². The van der Waals surface area contributed by atoms with Gasteiger partial charge in [0.25, 0.3) is 0 Å². The van der Waals surface area contributed by atoms with Gasteiger partial charge in [0.05, 0.1) is 0 Å². The second-order valence-electron chi connectivity index (χ2n) is 2.91. The van der Waals surface area contributed by atoms with Gasteiger partial charge in [0.1, 0.15) is 0 Å². The minimum Gasteiger partial charge on any atom is -0.309 e. The van der Waals surface area contributed by atoms with Crippen LogP contribution in [0.4, 0.5) is 0 Å². The summed E-state index contributed by atoms with van der Waals surface area (Å²) < 4.78 is 1.22. The quantitative estimate of drug-likeness (QED) is 0.744. The third kappa shape index (κ3) is 1.51. The molecule has 0 unspecified atom stereocenters. The largest absolute Gasteiger partial charge is 0.309 e. The number of nitrogens with one attached hydrogen (secondary N) is 1. The normalized spacial score (nSPS) is 13.8. The Morgan fingerprint density at radius 2 is 2.08 bits per heavy atom. The molecule has 0 radical (unpaired) electrons. The Labute approximate surface area is 87.1 Å². The van der Waals surface area contributed by atoms with Crippen LogP contribution in [0.15, 0.2) is 16.6 Å². The van der Waals surface area contributed by atoms with Crippen molar-refractivity contribution in [2.45, 2.75) is 20.0 Å². The zero-order valence-electron chi connectivity index (χ0n) is 6.86. The van der Waals surface area contributed by atoms with E-state index in [1.807, 2.05) is 0 Å². The number of hydrogen-bond donors (Lipinski definition) is 1. The van der Waals surface area contributed by atoms with E-state index >= 15 is 0 Å². The maximum atomic E-state index is 3.52. The smallest absolute Gasteiger partial charge is 0.0214 e. The van der Waals surface area contributed by atoms with Crippen molar-refractivity contribution in [2.24, 2.45) is 0 Å². The first-order chi connectivity index (χ1) is 5.29. The highest BCUT2D eigenvalue weighted by molar-refractivity contribution is 9.10. The molecule has 0 fully saturated rings. The molecule has 0 spiro atoms. The molecular weight excluding hydrogens is 237 g/mol. The molecule has 1 nitrogen and oxygen atoms in total. The standard InChI is InChI=1S/C9H10BrN.ClH/c1-6-8-5-11-4-7(8)2-3-9(6)10;/h2-3,11H,4-5H2,1H3;1H. The van der Waals surface area contributed by atoms with Crippen LogP contribution >= 0.6 is 28.3 Å². The number of benzene rings is 1. The number of fused-ring (bicyclic) bond motifs is 1. The van der Waals surface area contributed by atoms with E-state index in [0.717, 1.165) is 13.1 Å². The van der Waals surface area contributed by atoms with Crippen LogP contribution in [0, 0.1) is 6.92 Å². The molecule has 0 saturated carbocycles. The average Bonchev–Trinajstić information content (AvgIpc) is 2.45. The molecular formula is C9H11BrClN. The highest BCUT2D eigenvalue weighted by Gasteiger charge is 2.12. The maximum absolute atomic E-state index is 3.52. The molecule has 1 aliphatic rings. The lowest BCUT2D eigenvalue weighted by Gasteiger charge is -2.03. The summed E-state index contributed by atoms with van der Waals surface area (Å²) in [5.74, 6) is 0. The SMILES string of the molecule is Cc1c(Br)ccc2c1CNC2.Cl. The van der Waals surface area contributed by atoms with Crippen molar-refractivity contribution in [3.05, 3.63) is 33.3 Å². The summed E-state index contributed by atoms with van der Waals surface area (Å²) in [6.45, 7) is 4.22. The molecule has 1 N–H and O–H groups in total. The predicted octanol–water partition coefficient (Wildman–Crippen LogP) is 2.78. The van der Waals surface area contributed by atoms with Gasteiger partial charge in [0.2, 0.25) is 0 Å². The third-order valence-electron chi connectivity index (χ3n) is 2.25. The molecule has 0 aliphatic carbocycles. The fourth-order valence-corrected chi connectivity index (χ4v) is 1.89. The minimum atomic E-state index is 0. The molecule has 1 aliphatic heterocycles. The van der Waals surface area contributed by atoms with E-state index in [9.17, 15) is 0 Å². The van der Waals surface area contributed by atoms with Crippen molar-refractivity contribution in [1.82, 2.24) is 5.32 Å². The van der Waals surface area contributed by atoms with Crippen molar-refractivity contribution in [1.29, 1.82) is 0 Å². The fourth-order valence-electron chi connectivity index (χ4n) is 1.52. The monoisotopic (exact) mass is 247 g/mol. The zero-order chi connectivity index (χ0) is 7.84. The Balaban J connectivity index is 0.000000720. The average molecular weight is 249 g/mol. The van der Waals surface area contributed by atoms with Crippen molar-refractivity contribution in [3.8, 4) is 0 Å². The highest BCUT2D eigenvalue weighted by atomic mass is 79.9. The number of hydrogen-bond acceptors (Lipinski definition) is 1. The molecule has 66 valence electrons. The second kappa shape index (κ2) is 3.77. The first kappa shape index (κ1) is 10.0. The summed E-state index contributed by atoms with van der Waals surface area (Å²) in [5, 5.41) is 3.33. The van der Waals surface area contributed by atoms with E-state index in [2.05, 4.69) is 40.3 Å². The lowest BCUT2D eigenvalue weighted by Crippen LogP contribution is -2.00.